The van der Waals surface area contributed by atoms with Gasteiger partial charge in [0, 0.05) is 37.1 Å². The van der Waals surface area contributed by atoms with E-state index in [2.05, 4.69) is 5.32 Å². The molecule has 0 saturated carbocycles. The first-order valence-corrected chi connectivity index (χ1v) is 7.56. The van der Waals surface area contributed by atoms with Gasteiger partial charge in [-0.15, -0.1) is 0 Å². The van der Waals surface area contributed by atoms with Crippen LogP contribution in [0.2, 0.25) is 0 Å². The van der Waals surface area contributed by atoms with Crippen LogP contribution in [0, 0.1) is 11.6 Å². The summed E-state index contributed by atoms with van der Waals surface area (Å²) in [6.45, 7) is -0.0222. The summed E-state index contributed by atoms with van der Waals surface area (Å²) >= 11 is 0. The third-order valence-corrected chi connectivity index (χ3v) is 3.98. The van der Waals surface area contributed by atoms with Crippen molar-refractivity contribution in [1.82, 2.24) is 5.32 Å². The molecular weight excluding hydrogens is 320 g/mol. The molecule has 5 nitrogen and oxygen atoms in total. The number of Topliss-reactive ketones (excluding diaryl/α,β-unsaturated/α-hetero) is 1. The fourth-order valence-corrected chi connectivity index (χ4v) is 2.81. The molecule has 0 radical (unpaired) electrons. The lowest BCUT2D eigenvalue weighted by Gasteiger charge is -2.10. The molecule has 0 spiro atoms. The maximum absolute atomic E-state index is 13.6. The Bertz CT molecular complexity index is 790. The zero-order chi connectivity index (χ0) is 17.3. The van der Waals surface area contributed by atoms with Gasteiger partial charge in [0.1, 0.15) is 29.4 Å². The van der Waals surface area contributed by atoms with Crippen molar-refractivity contribution in [3.63, 3.8) is 0 Å². The largest absolute Gasteiger partial charge is 0.508 e. The van der Waals surface area contributed by atoms with Crippen LogP contribution >= 0.6 is 0 Å². The Morgan fingerprint density at radius 2 is 1.96 bits per heavy atom. The zero-order valence-electron chi connectivity index (χ0n) is 12.7. The molecule has 0 fully saturated rings. The first-order chi connectivity index (χ1) is 11.5. The summed E-state index contributed by atoms with van der Waals surface area (Å²) in [4.78, 5) is 24.1. The van der Waals surface area contributed by atoms with Gasteiger partial charge in [-0.05, 0) is 12.8 Å². The van der Waals surface area contributed by atoms with E-state index in [1.54, 1.807) is 0 Å². The number of carbonyl (C=O) groups excluding carboxylic acids is 2. The second-order valence-electron chi connectivity index (χ2n) is 5.62. The maximum atomic E-state index is 13.6. The number of halogens is 2. The van der Waals surface area contributed by atoms with Crippen molar-refractivity contribution >= 4 is 11.7 Å². The molecule has 1 aromatic heterocycles. The predicted octanol–water partition coefficient (Wildman–Crippen LogP) is 2.75. The second-order valence-corrected chi connectivity index (χ2v) is 5.62. The maximum Gasteiger partial charge on any atom is 0.255 e. The SMILES string of the molecule is O=C(NCCc1c(F)cc(O)cc1F)c1coc2c1C(=O)CCC2. The van der Waals surface area contributed by atoms with E-state index < -0.39 is 23.3 Å². The number of aryl methyl sites for hydroxylation is 1. The minimum absolute atomic E-state index is 0.0222. The number of phenolic OH excluding ortho intramolecular Hbond substituents is 1. The average molecular weight is 335 g/mol. The highest BCUT2D eigenvalue weighted by Crippen LogP contribution is 2.26. The number of aromatic hydroxyl groups is 1. The van der Waals surface area contributed by atoms with Gasteiger partial charge in [0.15, 0.2) is 5.78 Å². The molecule has 0 saturated heterocycles. The fourth-order valence-electron chi connectivity index (χ4n) is 2.81. The molecule has 24 heavy (non-hydrogen) atoms. The Kier molecular flexibility index (Phi) is 4.33. The highest BCUT2D eigenvalue weighted by Gasteiger charge is 2.27. The van der Waals surface area contributed by atoms with E-state index in [4.69, 9.17) is 9.52 Å². The Hall–Kier alpha value is -2.70. The Morgan fingerprint density at radius 3 is 2.67 bits per heavy atom. The first kappa shape index (κ1) is 16.2. The Morgan fingerprint density at radius 1 is 1.25 bits per heavy atom. The van der Waals surface area contributed by atoms with E-state index in [9.17, 15) is 18.4 Å². The summed E-state index contributed by atoms with van der Waals surface area (Å²) in [5.74, 6) is -2.40. The summed E-state index contributed by atoms with van der Waals surface area (Å²) in [7, 11) is 0. The predicted molar refractivity (Wildman–Crippen MR) is 80.0 cm³/mol. The van der Waals surface area contributed by atoms with Crippen LogP contribution in [0.1, 0.15) is 44.9 Å². The highest BCUT2D eigenvalue weighted by atomic mass is 19.1. The van der Waals surface area contributed by atoms with Crippen LogP contribution in [0.25, 0.3) is 0 Å². The molecule has 0 bridgehead atoms. The number of hydrogen-bond acceptors (Lipinski definition) is 4. The molecule has 1 aliphatic carbocycles. The fraction of sp³-hybridized carbons (Fsp3) is 0.294. The molecule has 2 aromatic rings. The molecule has 1 amide bonds. The van der Waals surface area contributed by atoms with Crippen molar-refractivity contribution in [2.45, 2.75) is 25.7 Å². The van der Waals surface area contributed by atoms with Crippen molar-refractivity contribution in [2.75, 3.05) is 6.54 Å². The normalized spacial score (nSPS) is 13.7. The molecule has 1 aliphatic rings. The van der Waals surface area contributed by atoms with E-state index >= 15 is 0 Å². The van der Waals surface area contributed by atoms with E-state index in [1.807, 2.05) is 0 Å². The molecule has 1 aromatic carbocycles. The molecule has 0 unspecified atom stereocenters. The van der Waals surface area contributed by atoms with Gasteiger partial charge < -0.3 is 14.8 Å². The number of benzene rings is 1. The van der Waals surface area contributed by atoms with Crippen LogP contribution in [0.15, 0.2) is 22.8 Å². The molecule has 7 heteroatoms. The van der Waals surface area contributed by atoms with Crippen molar-refractivity contribution in [1.29, 1.82) is 0 Å². The van der Waals surface area contributed by atoms with Gasteiger partial charge in [0.2, 0.25) is 0 Å². The van der Waals surface area contributed by atoms with Crippen LogP contribution in [0.3, 0.4) is 0 Å². The number of phenols is 1. The molecule has 0 atom stereocenters. The van der Waals surface area contributed by atoms with Crippen molar-refractivity contribution < 1.29 is 27.9 Å². The third kappa shape index (κ3) is 3.02. The summed E-state index contributed by atoms with van der Waals surface area (Å²) in [6, 6.07) is 1.62. The Labute approximate surface area is 136 Å². The quantitative estimate of drug-likeness (QED) is 0.900. The van der Waals surface area contributed by atoms with Gasteiger partial charge in [-0.2, -0.15) is 0 Å². The minimum atomic E-state index is -0.877. The lowest BCUT2D eigenvalue weighted by Crippen LogP contribution is -2.27. The minimum Gasteiger partial charge on any atom is -0.508 e. The van der Waals surface area contributed by atoms with E-state index in [0.717, 1.165) is 12.1 Å². The van der Waals surface area contributed by atoms with Crippen molar-refractivity contribution in [2.24, 2.45) is 0 Å². The topological polar surface area (TPSA) is 79.5 Å². The second kappa shape index (κ2) is 6.43. The molecule has 3 rings (SSSR count). The van der Waals surface area contributed by atoms with Crippen LogP contribution in [-0.2, 0) is 12.8 Å². The standard InChI is InChI=1S/C17H15F2NO4/c18-12-6-9(21)7-13(19)10(12)4-5-20-17(23)11-8-24-15-3-1-2-14(22)16(11)15/h6-8,21H,1-5H2,(H,20,23). The summed E-state index contributed by atoms with van der Waals surface area (Å²) in [6.07, 6.45) is 2.83. The first-order valence-electron chi connectivity index (χ1n) is 7.56. The lowest BCUT2D eigenvalue weighted by molar-refractivity contribution is 0.0928. The molecule has 1 heterocycles. The van der Waals surface area contributed by atoms with Gasteiger partial charge in [-0.1, -0.05) is 0 Å². The van der Waals surface area contributed by atoms with Crippen LogP contribution in [0.5, 0.6) is 5.75 Å². The summed E-state index contributed by atoms with van der Waals surface area (Å²) in [5, 5.41) is 11.6. The monoisotopic (exact) mass is 335 g/mol. The molecule has 0 aliphatic heterocycles. The van der Waals surface area contributed by atoms with E-state index in [1.165, 1.54) is 6.26 Å². The van der Waals surface area contributed by atoms with Crippen molar-refractivity contribution in [3.8, 4) is 5.75 Å². The van der Waals surface area contributed by atoms with Gasteiger partial charge in [-0.3, -0.25) is 9.59 Å². The van der Waals surface area contributed by atoms with Crippen LogP contribution in [0.4, 0.5) is 8.78 Å². The number of fused-ring (bicyclic) bond motifs is 1. The summed E-state index contributed by atoms with van der Waals surface area (Å²) in [5.41, 5.74) is 0.237. The smallest absolute Gasteiger partial charge is 0.255 e. The number of hydrogen-bond donors (Lipinski definition) is 2. The molecular formula is C17H15F2NO4. The third-order valence-electron chi connectivity index (χ3n) is 3.98. The Balaban J connectivity index is 1.67. The average Bonchev–Trinajstić information content (AvgIpc) is 2.95. The van der Waals surface area contributed by atoms with Crippen LogP contribution in [-0.4, -0.2) is 23.3 Å². The molecule has 126 valence electrons. The number of nitrogens with one attached hydrogen (secondary N) is 1. The number of carbonyl (C=O) groups is 2. The number of furan rings is 1. The van der Waals surface area contributed by atoms with Gasteiger partial charge in [0.25, 0.3) is 5.91 Å². The zero-order valence-corrected chi connectivity index (χ0v) is 12.7. The highest BCUT2D eigenvalue weighted by molar-refractivity contribution is 6.09. The van der Waals surface area contributed by atoms with Gasteiger partial charge in [-0.25, -0.2) is 8.78 Å². The van der Waals surface area contributed by atoms with Gasteiger partial charge in [0.05, 0.1) is 11.1 Å². The van der Waals surface area contributed by atoms with Crippen molar-refractivity contribution in [3.05, 3.63) is 52.5 Å². The van der Waals surface area contributed by atoms with E-state index in [0.29, 0.717) is 30.6 Å². The number of amides is 1. The molecule has 2 N–H and O–H groups in total. The summed E-state index contributed by atoms with van der Waals surface area (Å²) < 4.78 is 32.5. The number of rotatable bonds is 4. The van der Waals surface area contributed by atoms with E-state index in [-0.39, 0.29) is 29.9 Å². The number of ketones is 1. The van der Waals surface area contributed by atoms with Gasteiger partial charge >= 0.3 is 0 Å². The van der Waals surface area contributed by atoms with Crippen LogP contribution < -0.4 is 5.32 Å². The lowest BCUT2D eigenvalue weighted by atomic mass is 9.94.